The van der Waals surface area contributed by atoms with Gasteiger partial charge in [0.25, 0.3) is 0 Å². The number of carboxylic acid groups (broad SMARTS) is 1. The van der Waals surface area contributed by atoms with Gasteiger partial charge in [0, 0.05) is 23.2 Å². The third-order valence-corrected chi connectivity index (χ3v) is 6.84. The average molecular weight is 486 g/mol. The second kappa shape index (κ2) is 8.35. The number of hydrogen-bond donors (Lipinski definition) is 2. The molecule has 3 aromatic rings. The second-order valence-electron chi connectivity index (χ2n) is 8.69. The van der Waals surface area contributed by atoms with Crippen molar-refractivity contribution in [1.82, 2.24) is 25.0 Å². The number of aromatic nitrogens is 3. The molecule has 1 aliphatic heterocycles. The van der Waals surface area contributed by atoms with E-state index in [0.29, 0.717) is 17.3 Å². The molecule has 0 unspecified atom stereocenters. The van der Waals surface area contributed by atoms with E-state index in [4.69, 9.17) is 11.6 Å². The van der Waals surface area contributed by atoms with E-state index in [1.807, 2.05) is 0 Å². The van der Waals surface area contributed by atoms with Crippen molar-refractivity contribution in [1.29, 1.82) is 0 Å². The summed E-state index contributed by atoms with van der Waals surface area (Å²) in [6, 6.07) is 4.76. The largest absolute Gasteiger partial charge is 0.476 e. The number of carbonyl (C=O) groups is 3. The number of carbonyl (C=O) groups excluding carboxylic acids is 2. The topological polar surface area (TPSA) is 117 Å². The smallest absolute Gasteiger partial charge is 0.357 e. The fraction of sp³-hybridized carbons (Fsp3) is 0.348. The Morgan fingerprint density at radius 2 is 2.09 bits per heavy atom. The Morgan fingerprint density at radius 1 is 1.29 bits per heavy atom. The van der Waals surface area contributed by atoms with E-state index in [1.165, 1.54) is 29.2 Å². The minimum absolute atomic E-state index is 0.0285. The SMILES string of the molecule is C[C@H](NC(=O)[C@@H]1C[C@H]2C[C@H]2N1C(=O)Cn1nc(C(=O)O)c2ccncc21)c1cccc(Cl)c1F. The van der Waals surface area contributed by atoms with Crippen molar-refractivity contribution in [2.24, 2.45) is 5.92 Å². The molecule has 1 saturated carbocycles. The molecule has 1 saturated heterocycles. The van der Waals surface area contributed by atoms with Crippen LogP contribution in [0, 0.1) is 11.7 Å². The number of nitrogens with one attached hydrogen (secondary N) is 1. The molecule has 1 aliphatic carbocycles. The summed E-state index contributed by atoms with van der Waals surface area (Å²) in [6.45, 7) is 1.44. The number of fused-ring (bicyclic) bond motifs is 2. The molecule has 0 bridgehead atoms. The van der Waals surface area contributed by atoms with Crippen molar-refractivity contribution in [3.8, 4) is 0 Å². The number of aromatic carboxylic acids is 1. The minimum Gasteiger partial charge on any atom is -0.476 e. The van der Waals surface area contributed by atoms with Crippen LogP contribution < -0.4 is 5.32 Å². The predicted octanol–water partition coefficient (Wildman–Crippen LogP) is 2.79. The number of nitrogens with zero attached hydrogens (tertiary/aromatic N) is 4. The first-order valence-corrected chi connectivity index (χ1v) is 11.2. The lowest BCUT2D eigenvalue weighted by Crippen LogP contribution is -2.49. The minimum atomic E-state index is -1.20. The first kappa shape index (κ1) is 22.3. The molecule has 2 aromatic heterocycles. The van der Waals surface area contributed by atoms with E-state index in [-0.39, 0.29) is 46.6 Å². The highest BCUT2D eigenvalue weighted by Crippen LogP contribution is 2.48. The summed E-state index contributed by atoms with van der Waals surface area (Å²) in [4.78, 5) is 43.5. The Kier molecular flexibility index (Phi) is 5.47. The van der Waals surface area contributed by atoms with Crippen molar-refractivity contribution in [2.45, 2.75) is 44.4 Å². The van der Waals surface area contributed by atoms with Crippen LogP contribution in [0.5, 0.6) is 0 Å². The van der Waals surface area contributed by atoms with Gasteiger partial charge in [-0.05, 0) is 37.8 Å². The van der Waals surface area contributed by atoms with Gasteiger partial charge in [-0.1, -0.05) is 23.7 Å². The van der Waals surface area contributed by atoms with Crippen LogP contribution >= 0.6 is 11.6 Å². The lowest BCUT2D eigenvalue weighted by Gasteiger charge is -2.28. The van der Waals surface area contributed by atoms with Crippen LogP contribution in [0.15, 0.2) is 36.7 Å². The van der Waals surface area contributed by atoms with Crippen LogP contribution in [-0.4, -0.2) is 54.6 Å². The lowest BCUT2D eigenvalue weighted by molar-refractivity contribution is -0.140. The standard InChI is InChI=1S/C23H21ClFN5O4/c1-11(13-3-2-4-15(24)20(13)25)27-22(32)17-8-12-7-16(12)30(17)19(31)10-29-18-9-26-6-5-14(18)21(28-29)23(33)34/h2-6,9,11-12,16-17H,7-8,10H2,1H3,(H,27,32)(H,33,34)/t11-,12+,16+,17-/m0/s1. The zero-order valence-corrected chi connectivity index (χ0v) is 18.9. The van der Waals surface area contributed by atoms with Crippen LogP contribution in [0.3, 0.4) is 0 Å². The molecule has 9 nitrogen and oxygen atoms in total. The number of rotatable bonds is 6. The first-order chi connectivity index (χ1) is 16.3. The fourth-order valence-corrected chi connectivity index (χ4v) is 4.98. The van der Waals surface area contributed by atoms with Crippen molar-refractivity contribution in [3.05, 3.63) is 58.8 Å². The molecule has 4 atom stereocenters. The predicted molar refractivity (Wildman–Crippen MR) is 120 cm³/mol. The third kappa shape index (κ3) is 3.77. The lowest BCUT2D eigenvalue weighted by atomic mass is 10.1. The van der Waals surface area contributed by atoms with E-state index >= 15 is 0 Å². The summed E-state index contributed by atoms with van der Waals surface area (Å²) < 4.78 is 15.7. The monoisotopic (exact) mass is 485 g/mol. The molecule has 11 heteroatoms. The maximum atomic E-state index is 14.4. The average Bonchev–Trinajstić information content (AvgIpc) is 3.30. The van der Waals surface area contributed by atoms with E-state index in [1.54, 1.807) is 24.0 Å². The molecule has 2 aliphatic rings. The molecule has 3 heterocycles. The van der Waals surface area contributed by atoms with Crippen molar-refractivity contribution < 1.29 is 23.9 Å². The Labute approximate surface area is 198 Å². The van der Waals surface area contributed by atoms with Crippen LogP contribution in [0.4, 0.5) is 4.39 Å². The Balaban J connectivity index is 1.35. The van der Waals surface area contributed by atoms with E-state index in [0.717, 1.165) is 6.42 Å². The molecular formula is C23H21ClFN5O4. The highest BCUT2D eigenvalue weighted by atomic mass is 35.5. The van der Waals surface area contributed by atoms with Gasteiger partial charge in [-0.15, -0.1) is 0 Å². The number of hydrogen-bond acceptors (Lipinski definition) is 5. The van der Waals surface area contributed by atoms with Gasteiger partial charge in [-0.25, -0.2) is 9.18 Å². The number of halogens is 2. The summed E-state index contributed by atoms with van der Waals surface area (Å²) in [5.41, 5.74) is 0.520. The van der Waals surface area contributed by atoms with Crippen LogP contribution in [0.2, 0.25) is 5.02 Å². The summed E-state index contributed by atoms with van der Waals surface area (Å²) in [6.07, 6.45) is 4.25. The molecule has 1 aromatic carbocycles. The van der Waals surface area contributed by atoms with Crippen molar-refractivity contribution in [2.75, 3.05) is 0 Å². The number of pyridine rings is 1. The Bertz CT molecular complexity index is 1330. The maximum Gasteiger partial charge on any atom is 0.357 e. The number of likely N-dealkylation sites (tertiary alicyclic amines) is 1. The van der Waals surface area contributed by atoms with Gasteiger partial charge in [0.1, 0.15) is 18.4 Å². The maximum absolute atomic E-state index is 14.4. The Morgan fingerprint density at radius 3 is 2.85 bits per heavy atom. The summed E-state index contributed by atoms with van der Waals surface area (Å²) in [5, 5.41) is 16.7. The second-order valence-corrected chi connectivity index (χ2v) is 9.10. The molecule has 34 heavy (non-hydrogen) atoms. The first-order valence-electron chi connectivity index (χ1n) is 10.9. The van der Waals surface area contributed by atoms with E-state index < -0.39 is 23.9 Å². The zero-order valence-electron chi connectivity index (χ0n) is 18.1. The molecule has 2 N–H and O–H groups in total. The third-order valence-electron chi connectivity index (χ3n) is 6.54. The number of piperidine rings is 1. The van der Waals surface area contributed by atoms with Crippen LogP contribution in [0.1, 0.15) is 41.9 Å². The quantitative estimate of drug-likeness (QED) is 0.554. The highest BCUT2D eigenvalue weighted by Gasteiger charge is 2.56. The Hall–Kier alpha value is -3.53. The van der Waals surface area contributed by atoms with Gasteiger partial charge >= 0.3 is 5.97 Å². The number of benzene rings is 1. The van der Waals surface area contributed by atoms with Gasteiger partial charge in [-0.2, -0.15) is 5.10 Å². The van der Waals surface area contributed by atoms with Gasteiger partial charge in [0.2, 0.25) is 11.8 Å². The molecule has 5 rings (SSSR count). The van der Waals surface area contributed by atoms with Gasteiger partial charge < -0.3 is 15.3 Å². The molecule has 0 radical (unpaired) electrons. The van der Waals surface area contributed by atoms with E-state index in [2.05, 4.69) is 15.4 Å². The molecule has 2 fully saturated rings. The summed E-state index contributed by atoms with van der Waals surface area (Å²) in [5.74, 6) is -2.26. The van der Waals surface area contributed by atoms with Crippen LogP contribution in [0.25, 0.3) is 10.9 Å². The van der Waals surface area contributed by atoms with Gasteiger partial charge in [0.05, 0.1) is 22.8 Å². The number of amides is 2. The normalized spacial score (nSPS) is 21.9. The van der Waals surface area contributed by atoms with Crippen molar-refractivity contribution in [3.63, 3.8) is 0 Å². The molecule has 176 valence electrons. The summed E-state index contributed by atoms with van der Waals surface area (Å²) >= 11 is 5.86. The highest BCUT2D eigenvalue weighted by molar-refractivity contribution is 6.30. The number of carboxylic acids is 1. The molecule has 0 spiro atoms. The zero-order chi connectivity index (χ0) is 24.1. The van der Waals surface area contributed by atoms with Gasteiger partial charge in [0.15, 0.2) is 5.69 Å². The molecule has 2 amide bonds. The van der Waals surface area contributed by atoms with E-state index in [9.17, 15) is 23.9 Å². The van der Waals surface area contributed by atoms with Crippen molar-refractivity contribution >= 4 is 40.3 Å². The van der Waals surface area contributed by atoms with Gasteiger partial charge in [-0.3, -0.25) is 19.3 Å². The molecular weight excluding hydrogens is 465 g/mol. The summed E-state index contributed by atoms with van der Waals surface area (Å²) in [7, 11) is 0. The fourth-order valence-electron chi connectivity index (χ4n) is 4.80. The van der Waals surface area contributed by atoms with Crippen LogP contribution in [-0.2, 0) is 16.1 Å².